The number of hydrogen-bond donors (Lipinski definition) is 2. The van der Waals surface area contributed by atoms with Crippen LogP contribution in [-0.2, 0) is 11.2 Å². The first-order valence-electron chi connectivity index (χ1n) is 8.64. The predicted molar refractivity (Wildman–Crippen MR) is 109 cm³/mol. The normalized spacial score (nSPS) is 10.5. The highest BCUT2D eigenvalue weighted by atomic mass is 32.1. The van der Waals surface area contributed by atoms with E-state index < -0.39 is 5.91 Å². The smallest absolute Gasteiger partial charge is 0.293 e. The highest BCUT2D eigenvalue weighted by molar-refractivity contribution is 7.14. The van der Waals surface area contributed by atoms with E-state index in [0.29, 0.717) is 22.3 Å². The number of aromatic nitrogens is 3. The quantitative estimate of drug-likeness (QED) is 0.507. The molecule has 3 aromatic heterocycles. The second kappa shape index (κ2) is 8.44. The SMILES string of the molecule is O=C(Cc1csc(NC(=O)c2ccco2)n1)Nc1cnc(-c2ccccc2)nc1. The van der Waals surface area contributed by atoms with Gasteiger partial charge in [-0.25, -0.2) is 15.0 Å². The van der Waals surface area contributed by atoms with Crippen LogP contribution in [0.1, 0.15) is 16.2 Å². The minimum atomic E-state index is -0.393. The molecule has 1 aromatic carbocycles. The number of benzene rings is 1. The molecule has 0 aliphatic heterocycles. The molecule has 2 amide bonds. The molecule has 0 bridgehead atoms. The van der Waals surface area contributed by atoms with Crippen LogP contribution in [0.4, 0.5) is 10.8 Å². The number of anilines is 2. The van der Waals surface area contributed by atoms with Crippen molar-refractivity contribution in [3.63, 3.8) is 0 Å². The number of hydrogen-bond acceptors (Lipinski definition) is 7. The summed E-state index contributed by atoms with van der Waals surface area (Å²) >= 11 is 1.23. The van der Waals surface area contributed by atoms with Gasteiger partial charge in [-0.15, -0.1) is 11.3 Å². The van der Waals surface area contributed by atoms with Crippen LogP contribution < -0.4 is 10.6 Å². The molecule has 0 unspecified atom stereocenters. The van der Waals surface area contributed by atoms with E-state index in [1.165, 1.54) is 17.6 Å². The van der Waals surface area contributed by atoms with Crippen molar-refractivity contribution in [3.8, 4) is 11.4 Å². The van der Waals surface area contributed by atoms with Gasteiger partial charge in [0.1, 0.15) is 0 Å². The molecular formula is C20H15N5O3S. The fourth-order valence-electron chi connectivity index (χ4n) is 2.51. The van der Waals surface area contributed by atoms with Gasteiger partial charge in [-0.3, -0.25) is 14.9 Å². The molecule has 0 saturated heterocycles. The largest absolute Gasteiger partial charge is 0.459 e. The van der Waals surface area contributed by atoms with Crippen LogP contribution in [0.25, 0.3) is 11.4 Å². The first-order valence-corrected chi connectivity index (χ1v) is 9.52. The fourth-order valence-corrected chi connectivity index (χ4v) is 3.22. The molecule has 0 aliphatic rings. The summed E-state index contributed by atoms with van der Waals surface area (Å²) in [7, 11) is 0. The van der Waals surface area contributed by atoms with E-state index in [9.17, 15) is 9.59 Å². The molecule has 2 N–H and O–H groups in total. The molecule has 0 saturated carbocycles. The molecule has 0 aliphatic carbocycles. The molecule has 4 aromatic rings. The lowest BCUT2D eigenvalue weighted by Crippen LogP contribution is -2.15. The van der Waals surface area contributed by atoms with Crippen LogP contribution in [0, 0.1) is 0 Å². The number of nitrogens with one attached hydrogen (secondary N) is 2. The average molecular weight is 405 g/mol. The van der Waals surface area contributed by atoms with Gasteiger partial charge in [-0.1, -0.05) is 30.3 Å². The van der Waals surface area contributed by atoms with Crippen LogP contribution in [-0.4, -0.2) is 26.8 Å². The Balaban J connectivity index is 1.33. The Morgan fingerprint density at radius 2 is 1.79 bits per heavy atom. The summed E-state index contributed by atoms with van der Waals surface area (Å²) in [6.45, 7) is 0. The van der Waals surface area contributed by atoms with Crippen molar-refractivity contribution in [2.24, 2.45) is 0 Å². The van der Waals surface area contributed by atoms with Gasteiger partial charge in [0.05, 0.1) is 36.5 Å². The van der Waals surface area contributed by atoms with Gasteiger partial charge in [0.2, 0.25) is 5.91 Å². The van der Waals surface area contributed by atoms with Gasteiger partial charge in [-0.2, -0.15) is 0 Å². The highest BCUT2D eigenvalue weighted by Crippen LogP contribution is 2.18. The molecule has 29 heavy (non-hydrogen) atoms. The van der Waals surface area contributed by atoms with Crippen molar-refractivity contribution in [1.82, 2.24) is 15.0 Å². The van der Waals surface area contributed by atoms with Crippen molar-refractivity contribution in [3.05, 3.63) is 78.0 Å². The van der Waals surface area contributed by atoms with Crippen LogP contribution in [0.5, 0.6) is 0 Å². The summed E-state index contributed by atoms with van der Waals surface area (Å²) in [5.41, 5.74) is 1.94. The molecule has 8 nitrogen and oxygen atoms in total. The number of carbonyl (C=O) groups excluding carboxylic acids is 2. The molecule has 3 heterocycles. The van der Waals surface area contributed by atoms with Crippen molar-refractivity contribution < 1.29 is 14.0 Å². The maximum Gasteiger partial charge on any atom is 0.293 e. The van der Waals surface area contributed by atoms with E-state index >= 15 is 0 Å². The Morgan fingerprint density at radius 1 is 1.00 bits per heavy atom. The van der Waals surface area contributed by atoms with Crippen LogP contribution >= 0.6 is 11.3 Å². The van der Waals surface area contributed by atoms with E-state index in [1.54, 1.807) is 29.9 Å². The van der Waals surface area contributed by atoms with Gasteiger partial charge in [0.15, 0.2) is 16.7 Å². The molecule has 0 radical (unpaired) electrons. The number of furan rings is 1. The Labute approximate surface area is 169 Å². The lowest BCUT2D eigenvalue weighted by molar-refractivity contribution is -0.115. The maximum atomic E-state index is 12.3. The third kappa shape index (κ3) is 4.71. The van der Waals surface area contributed by atoms with E-state index in [-0.39, 0.29) is 18.1 Å². The maximum absolute atomic E-state index is 12.3. The van der Waals surface area contributed by atoms with Crippen molar-refractivity contribution in [2.75, 3.05) is 10.6 Å². The summed E-state index contributed by atoms with van der Waals surface area (Å²) in [5.74, 6) is 0.129. The van der Waals surface area contributed by atoms with E-state index in [4.69, 9.17) is 4.42 Å². The molecule has 0 spiro atoms. The zero-order chi connectivity index (χ0) is 20.1. The molecule has 4 rings (SSSR count). The number of carbonyl (C=O) groups is 2. The summed E-state index contributed by atoms with van der Waals surface area (Å²) in [6.07, 6.45) is 4.60. The Bertz CT molecular complexity index is 1110. The predicted octanol–water partition coefficient (Wildman–Crippen LogP) is 3.63. The van der Waals surface area contributed by atoms with Crippen molar-refractivity contribution in [2.45, 2.75) is 6.42 Å². The Kier molecular flexibility index (Phi) is 5.39. The topological polar surface area (TPSA) is 110 Å². The lowest BCUT2D eigenvalue weighted by Gasteiger charge is -2.04. The molecular weight excluding hydrogens is 390 g/mol. The van der Waals surface area contributed by atoms with Gasteiger partial charge in [-0.05, 0) is 12.1 Å². The van der Waals surface area contributed by atoms with Crippen LogP contribution in [0.15, 0.2) is 70.9 Å². The minimum Gasteiger partial charge on any atom is -0.459 e. The summed E-state index contributed by atoms with van der Waals surface area (Å²) in [4.78, 5) is 37.0. The van der Waals surface area contributed by atoms with Crippen LogP contribution in [0.3, 0.4) is 0 Å². The lowest BCUT2D eigenvalue weighted by atomic mass is 10.2. The van der Waals surface area contributed by atoms with Gasteiger partial charge in [0, 0.05) is 10.9 Å². The van der Waals surface area contributed by atoms with Gasteiger partial charge >= 0.3 is 0 Å². The number of thiazole rings is 1. The van der Waals surface area contributed by atoms with Crippen LogP contribution in [0.2, 0.25) is 0 Å². The average Bonchev–Trinajstić information content (AvgIpc) is 3.42. The third-order valence-corrected chi connectivity index (χ3v) is 4.63. The zero-order valence-electron chi connectivity index (χ0n) is 15.0. The second-order valence-electron chi connectivity index (χ2n) is 5.96. The van der Waals surface area contributed by atoms with Crippen molar-refractivity contribution in [1.29, 1.82) is 0 Å². The number of rotatable bonds is 6. The van der Waals surface area contributed by atoms with E-state index in [1.807, 2.05) is 30.3 Å². The summed E-state index contributed by atoms with van der Waals surface area (Å²) in [5, 5.41) is 7.48. The van der Waals surface area contributed by atoms with E-state index in [0.717, 1.165) is 5.56 Å². The van der Waals surface area contributed by atoms with Gasteiger partial charge < -0.3 is 9.73 Å². The first kappa shape index (κ1) is 18.5. The Hall–Kier alpha value is -3.85. The highest BCUT2D eigenvalue weighted by Gasteiger charge is 2.13. The monoisotopic (exact) mass is 405 g/mol. The number of nitrogens with zero attached hydrogens (tertiary/aromatic N) is 3. The van der Waals surface area contributed by atoms with Gasteiger partial charge in [0.25, 0.3) is 5.91 Å². The summed E-state index contributed by atoms with van der Waals surface area (Å²) in [6, 6.07) is 12.8. The summed E-state index contributed by atoms with van der Waals surface area (Å²) < 4.78 is 5.03. The second-order valence-corrected chi connectivity index (χ2v) is 6.82. The standard InChI is InChI=1S/C20H15N5O3S/c26-17(23-15-10-21-18(22-11-15)13-5-2-1-3-6-13)9-14-12-29-20(24-14)25-19(27)16-7-4-8-28-16/h1-8,10-12H,9H2,(H,23,26)(H,24,25,27). The molecule has 0 atom stereocenters. The number of amides is 2. The molecule has 144 valence electrons. The fraction of sp³-hybridized carbons (Fsp3) is 0.0500. The van der Waals surface area contributed by atoms with E-state index in [2.05, 4.69) is 25.6 Å². The molecule has 0 fully saturated rings. The molecule has 9 heteroatoms. The first-order chi connectivity index (χ1) is 14.2. The minimum absolute atomic E-state index is 0.0631. The third-order valence-electron chi connectivity index (χ3n) is 3.83. The zero-order valence-corrected chi connectivity index (χ0v) is 15.8. The Morgan fingerprint density at radius 3 is 2.52 bits per heavy atom. The van der Waals surface area contributed by atoms with Crippen molar-refractivity contribution >= 4 is 34.0 Å².